The molecule has 7 heteroatoms. The quantitative estimate of drug-likeness (QED) is 0.619. The Kier molecular flexibility index (Phi) is 6.53. The summed E-state index contributed by atoms with van der Waals surface area (Å²) in [6, 6.07) is 12.7. The van der Waals surface area contributed by atoms with Crippen molar-refractivity contribution in [3.8, 4) is 5.75 Å². The average molecular weight is 454 g/mol. The molecule has 168 valence electrons. The molecule has 2 aliphatic heterocycles. The minimum absolute atomic E-state index is 0.300. The predicted octanol–water partition coefficient (Wildman–Crippen LogP) is 3.97. The lowest BCUT2D eigenvalue weighted by molar-refractivity contribution is -0.120. The van der Waals surface area contributed by atoms with Crippen LogP contribution in [0.1, 0.15) is 24.5 Å². The highest BCUT2D eigenvalue weighted by molar-refractivity contribution is 6.46. The van der Waals surface area contributed by atoms with Gasteiger partial charge >= 0.3 is 0 Å². The van der Waals surface area contributed by atoms with E-state index in [2.05, 4.69) is 18.9 Å². The zero-order chi connectivity index (χ0) is 22.8. The Morgan fingerprint density at radius 1 is 0.969 bits per heavy atom. The molecule has 32 heavy (non-hydrogen) atoms. The molecule has 6 nitrogen and oxygen atoms in total. The van der Waals surface area contributed by atoms with E-state index in [0.29, 0.717) is 52.8 Å². The van der Waals surface area contributed by atoms with Crippen molar-refractivity contribution in [1.29, 1.82) is 0 Å². The van der Waals surface area contributed by atoms with E-state index in [1.54, 1.807) is 18.2 Å². The normalized spacial score (nSPS) is 17.5. The Hall–Kier alpha value is -2.83. The number of piperazine rings is 1. The van der Waals surface area contributed by atoms with Gasteiger partial charge in [-0.05, 0) is 55.8 Å². The summed E-state index contributed by atoms with van der Waals surface area (Å²) in [6.07, 6.45) is 0.918. The van der Waals surface area contributed by atoms with Gasteiger partial charge < -0.3 is 14.5 Å². The molecule has 0 bridgehead atoms. The van der Waals surface area contributed by atoms with E-state index in [1.807, 2.05) is 36.1 Å². The van der Waals surface area contributed by atoms with Gasteiger partial charge in [-0.25, -0.2) is 4.90 Å². The van der Waals surface area contributed by atoms with Gasteiger partial charge in [-0.1, -0.05) is 36.7 Å². The van der Waals surface area contributed by atoms with Crippen LogP contribution in [0.15, 0.2) is 48.2 Å². The molecule has 2 aromatic carbocycles. The molecule has 2 aromatic rings. The molecule has 0 spiro atoms. The Bertz CT molecular complexity index is 1060. The second-order valence-corrected chi connectivity index (χ2v) is 8.62. The summed E-state index contributed by atoms with van der Waals surface area (Å²) >= 11 is 6.31. The van der Waals surface area contributed by atoms with Crippen LogP contribution in [0.4, 0.5) is 5.69 Å². The fourth-order valence-corrected chi connectivity index (χ4v) is 4.27. The fraction of sp³-hybridized carbons (Fsp3) is 0.360. The number of hydrogen-bond acceptors (Lipinski definition) is 5. The predicted molar refractivity (Wildman–Crippen MR) is 127 cm³/mol. The zero-order valence-electron chi connectivity index (χ0n) is 18.7. The average Bonchev–Trinajstić information content (AvgIpc) is 3.05. The summed E-state index contributed by atoms with van der Waals surface area (Å²) in [5.41, 5.74) is 2.84. The van der Waals surface area contributed by atoms with Crippen molar-refractivity contribution in [3.05, 3.63) is 64.3 Å². The Morgan fingerprint density at radius 2 is 1.66 bits per heavy atom. The number of halogens is 1. The molecule has 0 atom stereocenters. The van der Waals surface area contributed by atoms with Gasteiger partial charge in [0, 0.05) is 31.2 Å². The van der Waals surface area contributed by atoms with E-state index in [-0.39, 0.29) is 11.8 Å². The van der Waals surface area contributed by atoms with Crippen molar-refractivity contribution >= 4 is 34.7 Å². The van der Waals surface area contributed by atoms with E-state index >= 15 is 0 Å². The summed E-state index contributed by atoms with van der Waals surface area (Å²) in [7, 11) is 2.06. The largest absolute Gasteiger partial charge is 0.494 e. The first kappa shape index (κ1) is 22.4. The molecule has 0 saturated carbocycles. The standard InChI is InChI=1S/C25H28ClN3O3/c1-4-16-32-19-10-8-18(9-11-19)22-23(28-14-12-27(3)13-15-28)25(31)29(24(22)30)21-7-5-6-20(26)17(21)2/h5-11H,4,12-16H2,1-3H3. The molecule has 1 saturated heterocycles. The van der Waals surface area contributed by atoms with Gasteiger partial charge in [0.2, 0.25) is 0 Å². The van der Waals surface area contributed by atoms with Crippen molar-refractivity contribution in [3.63, 3.8) is 0 Å². The first-order valence-corrected chi connectivity index (χ1v) is 11.3. The summed E-state index contributed by atoms with van der Waals surface area (Å²) in [6.45, 7) is 7.55. The van der Waals surface area contributed by atoms with Gasteiger partial charge in [-0.3, -0.25) is 9.59 Å². The van der Waals surface area contributed by atoms with E-state index < -0.39 is 0 Å². The highest BCUT2D eigenvalue weighted by atomic mass is 35.5. The number of hydrogen-bond donors (Lipinski definition) is 0. The van der Waals surface area contributed by atoms with Crippen molar-refractivity contribution in [1.82, 2.24) is 9.80 Å². The Morgan fingerprint density at radius 3 is 2.31 bits per heavy atom. The molecule has 2 amide bonds. The fourth-order valence-electron chi connectivity index (χ4n) is 4.10. The third-order valence-corrected chi connectivity index (χ3v) is 6.38. The molecular weight excluding hydrogens is 426 g/mol. The Labute approximate surface area is 194 Å². The smallest absolute Gasteiger partial charge is 0.282 e. The lowest BCUT2D eigenvalue weighted by Crippen LogP contribution is -2.46. The minimum atomic E-state index is -0.323. The van der Waals surface area contributed by atoms with Crippen LogP contribution < -0.4 is 9.64 Å². The topological polar surface area (TPSA) is 53.1 Å². The number of nitrogens with zero attached hydrogens (tertiary/aromatic N) is 3. The number of amides is 2. The van der Waals surface area contributed by atoms with Gasteiger partial charge in [-0.2, -0.15) is 0 Å². The van der Waals surface area contributed by atoms with E-state index in [9.17, 15) is 9.59 Å². The SMILES string of the molecule is CCCOc1ccc(C2=C(N3CCN(C)CC3)C(=O)N(c3cccc(Cl)c3C)C2=O)cc1. The number of likely N-dealkylation sites (N-methyl/N-ethyl adjacent to an activating group) is 1. The maximum atomic E-state index is 13.7. The number of anilines is 1. The van der Waals surface area contributed by atoms with Crippen LogP contribution in [0.3, 0.4) is 0 Å². The van der Waals surface area contributed by atoms with Crippen LogP contribution in [-0.2, 0) is 9.59 Å². The van der Waals surface area contributed by atoms with Gasteiger partial charge in [0.15, 0.2) is 0 Å². The molecule has 2 heterocycles. The lowest BCUT2D eigenvalue weighted by Gasteiger charge is -2.34. The third kappa shape index (κ3) is 4.12. The first-order valence-electron chi connectivity index (χ1n) is 11.0. The number of carbonyl (C=O) groups excluding carboxylic acids is 2. The Balaban J connectivity index is 1.77. The second kappa shape index (κ2) is 9.35. The monoisotopic (exact) mass is 453 g/mol. The molecule has 2 aliphatic rings. The number of carbonyl (C=O) groups is 2. The molecule has 4 rings (SSSR count). The molecular formula is C25H28ClN3O3. The molecule has 1 fully saturated rings. The number of imide groups is 1. The first-order chi connectivity index (χ1) is 15.4. The highest BCUT2D eigenvalue weighted by Gasteiger charge is 2.43. The molecule has 0 unspecified atom stereocenters. The van der Waals surface area contributed by atoms with Gasteiger partial charge in [0.25, 0.3) is 11.8 Å². The van der Waals surface area contributed by atoms with Crippen molar-refractivity contribution in [2.24, 2.45) is 0 Å². The van der Waals surface area contributed by atoms with Crippen LogP contribution in [0.5, 0.6) is 5.75 Å². The van der Waals surface area contributed by atoms with Gasteiger partial charge in [-0.15, -0.1) is 0 Å². The molecule has 0 N–H and O–H groups in total. The van der Waals surface area contributed by atoms with E-state index in [1.165, 1.54) is 4.90 Å². The lowest BCUT2D eigenvalue weighted by atomic mass is 10.0. The third-order valence-electron chi connectivity index (χ3n) is 5.97. The molecule has 0 aliphatic carbocycles. The molecule has 0 aromatic heterocycles. The van der Waals surface area contributed by atoms with E-state index in [0.717, 1.165) is 25.3 Å². The van der Waals surface area contributed by atoms with Crippen molar-refractivity contribution in [2.45, 2.75) is 20.3 Å². The zero-order valence-corrected chi connectivity index (χ0v) is 19.5. The minimum Gasteiger partial charge on any atom is -0.494 e. The summed E-state index contributed by atoms with van der Waals surface area (Å²) in [5.74, 6) is 0.124. The van der Waals surface area contributed by atoms with Crippen LogP contribution in [0, 0.1) is 6.92 Å². The maximum absolute atomic E-state index is 13.7. The van der Waals surface area contributed by atoms with Crippen molar-refractivity contribution in [2.75, 3.05) is 44.7 Å². The highest BCUT2D eigenvalue weighted by Crippen LogP contribution is 2.38. The second-order valence-electron chi connectivity index (χ2n) is 8.22. The molecule has 0 radical (unpaired) electrons. The maximum Gasteiger partial charge on any atom is 0.282 e. The van der Waals surface area contributed by atoms with Gasteiger partial charge in [0.05, 0.1) is 17.9 Å². The summed E-state index contributed by atoms with van der Waals surface area (Å²) < 4.78 is 5.69. The summed E-state index contributed by atoms with van der Waals surface area (Å²) in [5, 5.41) is 0.523. The van der Waals surface area contributed by atoms with Crippen LogP contribution in [-0.4, -0.2) is 61.4 Å². The van der Waals surface area contributed by atoms with Crippen LogP contribution >= 0.6 is 11.6 Å². The number of rotatable bonds is 6. The number of benzene rings is 2. The van der Waals surface area contributed by atoms with Crippen LogP contribution in [0.25, 0.3) is 5.57 Å². The van der Waals surface area contributed by atoms with Crippen molar-refractivity contribution < 1.29 is 14.3 Å². The van der Waals surface area contributed by atoms with E-state index in [4.69, 9.17) is 16.3 Å². The number of ether oxygens (including phenoxy) is 1. The van der Waals surface area contributed by atoms with Crippen LogP contribution in [0.2, 0.25) is 5.02 Å². The van der Waals surface area contributed by atoms with Gasteiger partial charge in [0.1, 0.15) is 11.4 Å². The summed E-state index contributed by atoms with van der Waals surface area (Å²) in [4.78, 5) is 32.9.